The van der Waals surface area contributed by atoms with E-state index in [-0.39, 0.29) is 0 Å². The molecule has 0 aliphatic carbocycles. The van der Waals surface area contributed by atoms with Crippen LogP contribution in [0.4, 0.5) is 0 Å². The zero-order chi connectivity index (χ0) is 10.2. The molecule has 14 heavy (non-hydrogen) atoms. The van der Waals surface area contributed by atoms with Gasteiger partial charge in [0.2, 0.25) is 0 Å². The van der Waals surface area contributed by atoms with E-state index in [0.29, 0.717) is 11.0 Å². The number of unbranched alkanes of at least 4 members (excludes halogenated alkanes) is 3. The van der Waals surface area contributed by atoms with E-state index in [4.69, 9.17) is 0 Å². The highest BCUT2D eigenvalue weighted by atomic mass is 33.1. The van der Waals surface area contributed by atoms with Gasteiger partial charge < -0.3 is 0 Å². The van der Waals surface area contributed by atoms with Gasteiger partial charge in [-0.3, -0.25) is 4.79 Å². The van der Waals surface area contributed by atoms with Crippen molar-refractivity contribution < 1.29 is 4.79 Å². The minimum Gasteiger partial charge on any atom is -0.300 e. The molecule has 0 aromatic carbocycles. The molecule has 1 atom stereocenters. The standard InChI is InChI=1S/C11H20OS2/c1-2-3-4-5-6-11-9-10(12)7-8-13-14-11/h11H,2-9H2,1H3. The van der Waals surface area contributed by atoms with Crippen LogP contribution >= 0.6 is 21.6 Å². The molecule has 1 aliphatic heterocycles. The number of hydrogen-bond donors (Lipinski definition) is 0. The lowest BCUT2D eigenvalue weighted by molar-refractivity contribution is -0.118. The summed E-state index contributed by atoms with van der Waals surface area (Å²) < 4.78 is 0. The molecule has 0 saturated carbocycles. The van der Waals surface area contributed by atoms with Crippen molar-refractivity contribution in [1.82, 2.24) is 0 Å². The molecule has 0 aromatic heterocycles. The van der Waals surface area contributed by atoms with Crippen LogP contribution in [0.3, 0.4) is 0 Å². The van der Waals surface area contributed by atoms with Gasteiger partial charge in [0.25, 0.3) is 0 Å². The van der Waals surface area contributed by atoms with Crippen LogP contribution in [0.15, 0.2) is 0 Å². The molecule has 0 N–H and O–H groups in total. The van der Waals surface area contributed by atoms with E-state index in [0.717, 1.165) is 18.6 Å². The van der Waals surface area contributed by atoms with E-state index in [1.165, 1.54) is 32.1 Å². The Bertz CT molecular complexity index is 171. The molecule has 3 heteroatoms. The highest BCUT2D eigenvalue weighted by Crippen LogP contribution is 2.35. The third-order valence-corrected chi connectivity index (χ3v) is 5.41. The van der Waals surface area contributed by atoms with Crippen LogP contribution in [0, 0.1) is 0 Å². The van der Waals surface area contributed by atoms with Gasteiger partial charge in [0.1, 0.15) is 5.78 Å². The second kappa shape index (κ2) is 7.63. The van der Waals surface area contributed by atoms with E-state index in [1.807, 2.05) is 21.6 Å². The van der Waals surface area contributed by atoms with Crippen LogP contribution < -0.4 is 0 Å². The lowest BCUT2D eigenvalue weighted by Gasteiger charge is -2.11. The van der Waals surface area contributed by atoms with Crippen molar-refractivity contribution in [2.75, 3.05) is 5.75 Å². The summed E-state index contributed by atoms with van der Waals surface area (Å²) in [6, 6.07) is 0. The Balaban J connectivity index is 2.12. The van der Waals surface area contributed by atoms with Gasteiger partial charge in [-0.15, -0.1) is 0 Å². The zero-order valence-electron chi connectivity index (χ0n) is 8.96. The quantitative estimate of drug-likeness (QED) is 0.525. The second-order valence-electron chi connectivity index (χ2n) is 3.88. The highest BCUT2D eigenvalue weighted by Gasteiger charge is 2.18. The molecule has 1 heterocycles. The molecule has 1 aliphatic rings. The van der Waals surface area contributed by atoms with E-state index in [9.17, 15) is 4.79 Å². The monoisotopic (exact) mass is 232 g/mol. The molecule has 82 valence electrons. The van der Waals surface area contributed by atoms with Crippen molar-refractivity contribution in [2.24, 2.45) is 0 Å². The first kappa shape index (κ1) is 12.4. The molecule has 0 amide bonds. The summed E-state index contributed by atoms with van der Waals surface area (Å²) in [5.74, 6) is 1.50. The average Bonchev–Trinajstić information content (AvgIpc) is 2.38. The second-order valence-corrected chi connectivity index (χ2v) is 6.67. The fraction of sp³-hybridized carbons (Fsp3) is 0.909. The average molecular weight is 232 g/mol. The third kappa shape index (κ3) is 5.30. The van der Waals surface area contributed by atoms with Crippen LogP contribution in [0.1, 0.15) is 51.9 Å². The molecule has 0 bridgehead atoms. The Hall–Kier alpha value is 0.370. The van der Waals surface area contributed by atoms with Gasteiger partial charge >= 0.3 is 0 Å². The molecular formula is C11H20OS2. The van der Waals surface area contributed by atoms with E-state index in [1.54, 1.807) is 0 Å². The maximum Gasteiger partial charge on any atom is 0.134 e. The van der Waals surface area contributed by atoms with Crippen LogP contribution in [0.2, 0.25) is 0 Å². The van der Waals surface area contributed by atoms with E-state index >= 15 is 0 Å². The maximum absolute atomic E-state index is 11.4. The van der Waals surface area contributed by atoms with Crippen LogP contribution in [0.25, 0.3) is 0 Å². The highest BCUT2D eigenvalue weighted by molar-refractivity contribution is 8.77. The lowest BCUT2D eigenvalue weighted by Crippen LogP contribution is -2.07. The Morgan fingerprint density at radius 3 is 3.00 bits per heavy atom. The predicted octanol–water partition coefficient (Wildman–Crippen LogP) is 4.07. The number of ketones is 1. The summed E-state index contributed by atoms with van der Waals surface area (Å²) in [7, 11) is 3.83. The van der Waals surface area contributed by atoms with Crippen molar-refractivity contribution in [3.05, 3.63) is 0 Å². The summed E-state index contributed by atoms with van der Waals surface area (Å²) in [5.41, 5.74) is 0. The van der Waals surface area contributed by atoms with Crippen molar-refractivity contribution >= 4 is 27.4 Å². The largest absolute Gasteiger partial charge is 0.300 e. The molecule has 1 unspecified atom stereocenters. The number of rotatable bonds is 5. The molecule has 1 fully saturated rings. The first-order valence-electron chi connectivity index (χ1n) is 5.63. The maximum atomic E-state index is 11.4. The summed E-state index contributed by atoms with van der Waals surface area (Å²) >= 11 is 0. The van der Waals surface area contributed by atoms with Gasteiger partial charge in [0, 0.05) is 23.8 Å². The van der Waals surface area contributed by atoms with Crippen LogP contribution in [0.5, 0.6) is 0 Å². The first-order chi connectivity index (χ1) is 6.83. The molecule has 1 saturated heterocycles. The SMILES string of the molecule is CCCCCCC1CC(=O)CCSS1. The van der Waals surface area contributed by atoms with Gasteiger partial charge in [-0.05, 0) is 6.42 Å². The Kier molecular flexibility index (Phi) is 6.78. The fourth-order valence-corrected chi connectivity index (χ4v) is 4.36. The van der Waals surface area contributed by atoms with Crippen molar-refractivity contribution in [2.45, 2.75) is 57.1 Å². The minimum absolute atomic E-state index is 0.475. The molecule has 1 nitrogen and oxygen atoms in total. The summed E-state index contributed by atoms with van der Waals surface area (Å²) in [6.45, 7) is 2.24. The first-order valence-corrected chi connectivity index (χ1v) is 8.01. The summed E-state index contributed by atoms with van der Waals surface area (Å²) in [6.07, 6.45) is 8.14. The van der Waals surface area contributed by atoms with E-state index in [2.05, 4.69) is 6.92 Å². The van der Waals surface area contributed by atoms with E-state index < -0.39 is 0 Å². The minimum atomic E-state index is 0.475. The molecule has 0 aromatic rings. The van der Waals surface area contributed by atoms with Crippen molar-refractivity contribution in [3.63, 3.8) is 0 Å². The lowest BCUT2D eigenvalue weighted by atomic mass is 10.1. The molecule has 0 spiro atoms. The fourth-order valence-electron chi connectivity index (χ4n) is 1.64. The van der Waals surface area contributed by atoms with Gasteiger partial charge in [0.05, 0.1) is 0 Å². The smallest absolute Gasteiger partial charge is 0.134 e. The normalized spacial score (nSPS) is 23.5. The van der Waals surface area contributed by atoms with Crippen LogP contribution in [-0.4, -0.2) is 16.8 Å². The van der Waals surface area contributed by atoms with Crippen molar-refractivity contribution in [1.29, 1.82) is 0 Å². The number of Topliss-reactive ketones (excluding diaryl/α,β-unsaturated/α-hetero) is 1. The van der Waals surface area contributed by atoms with Gasteiger partial charge in [-0.1, -0.05) is 54.2 Å². The topological polar surface area (TPSA) is 17.1 Å². The number of hydrogen-bond acceptors (Lipinski definition) is 3. The zero-order valence-corrected chi connectivity index (χ0v) is 10.6. The van der Waals surface area contributed by atoms with Gasteiger partial charge in [0.15, 0.2) is 0 Å². The number of carbonyl (C=O) groups is 1. The van der Waals surface area contributed by atoms with Crippen molar-refractivity contribution in [3.8, 4) is 0 Å². The summed E-state index contributed by atoms with van der Waals surface area (Å²) in [5, 5.41) is 0.604. The molecule has 1 rings (SSSR count). The molecule has 0 radical (unpaired) electrons. The number of carbonyl (C=O) groups excluding carboxylic acids is 1. The van der Waals surface area contributed by atoms with Gasteiger partial charge in [-0.25, -0.2) is 0 Å². The van der Waals surface area contributed by atoms with Gasteiger partial charge in [-0.2, -0.15) is 0 Å². The predicted molar refractivity (Wildman–Crippen MR) is 66.8 cm³/mol. The Morgan fingerprint density at radius 2 is 2.21 bits per heavy atom. The van der Waals surface area contributed by atoms with Crippen LogP contribution in [-0.2, 0) is 4.79 Å². The Labute approximate surface area is 95.2 Å². The summed E-state index contributed by atoms with van der Waals surface area (Å²) in [4.78, 5) is 11.4. The Morgan fingerprint density at radius 1 is 1.36 bits per heavy atom. The third-order valence-electron chi connectivity index (χ3n) is 2.50. The molecular weight excluding hydrogens is 212 g/mol.